The Labute approximate surface area is 121 Å². The predicted octanol–water partition coefficient (Wildman–Crippen LogP) is 4.03. The molecule has 0 aliphatic heterocycles. The average Bonchev–Trinajstić information content (AvgIpc) is 2.39. The zero-order valence-corrected chi connectivity index (χ0v) is 13.0. The Bertz CT molecular complexity index is 396. The van der Waals surface area contributed by atoms with Crippen molar-refractivity contribution < 1.29 is 9.47 Å². The maximum absolute atomic E-state index is 6.30. The van der Waals surface area contributed by atoms with Crippen molar-refractivity contribution in [3.63, 3.8) is 0 Å². The van der Waals surface area contributed by atoms with Gasteiger partial charge in [0.05, 0.1) is 18.2 Å². The summed E-state index contributed by atoms with van der Waals surface area (Å²) in [5, 5.41) is 3.88. The fourth-order valence-corrected chi connectivity index (χ4v) is 2.20. The van der Waals surface area contributed by atoms with E-state index in [0.717, 1.165) is 31.5 Å². The Balaban J connectivity index is 2.91. The van der Waals surface area contributed by atoms with Gasteiger partial charge in [0.2, 0.25) is 0 Å². The molecule has 0 saturated heterocycles. The molecule has 1 aromatic rings. The van der Waals surface area contributed by atoms with E-state index in [-0.39, 0.29) is 6.10 Å². The van der Waals surface area contributed by atoms with Gasteiger partial charge in [-0.25, -0.2) is 0 Å². The van der Waals surface area contributed by atoms with E-state index in [4.69, 9.17) is 21.1 Å². The third-order valence-corrected chi connectivity index (χ3v) is 3.16. The number of halogens is 1. The third kappa shape index (κ3) is 4.92. The van der Waals surface area contributed by atoms with Gasteiger partial charge in [0.15, 0.2) is 11.5 Å². The number of nitrogens with one attached hydrogen (secondary N) is 1. The van der Waals surface area contributed by atoms with Crippen LogP contribution in [0.25, 0.3) is 0 Å². The lowest BCUT2D eigenvalue weighted by atomic mass is 10.2. The van der Waals surface area contributed by atoms with Crippen molar-refractivity contribution in [2.24, 2.45) is 0 Å². The molecule has 0 spiro atoms. The molecule has 0 heterocycles. The van der Waals surface area contributed by atoms with Crippen molar-refractivity contribution in [1.82, 2.24) is 5.32 Å². The molecule has 4 heteroatoms. The summed E-state index contributed by atoms with van der Waals surface area (Å²) in [5.74, 6) is 1.34. The van der Waals surface area contributed by atoms with Gasteiger partial charge in [0.1, 0.15) is 0 Å². The van der Waals surface area contributed by atoms with E-state index in [9.17, 15) is 0 Å². The topological polar surface area (TPSA) is 30.5 Å². The first kappa shape index (κ1) is 16.1. The summed E-state index contributed by atoms with van der Waals surface area (Å²) in [6.07, 6.45) is 2.22. The van der Waals surface area contributed by atoms with Gasteiger partial charge in [-0.2, -0.15) is 0 Å². The monoisotopic (exact) mass is 285 g/mol. The number of rotatable bonds is 8. The molecule has 108 valence electrons. The lowest BCUT2D eigenvalue weighted by Gasteiger charge is -2.18. The van der Waals surface area contributed by atoms with Gasteiger partial charge in [-0.05, 0) is 37.6 Å². The lowest BCUT2D eigenvalue weighted by Crippen LogP contribution is -2.14. The first-order chi connectivity index (χ1) is 9.12. The van der Waals surface area contributed by atoms with Gasteiger partial charge in [-0.15, -0.1) is 0 Å². The molecule has 1 atom stereocenters. The van der Waals surface area contributed by atoms with Crippen LogP contribution in [0.5, 0.6) is 11.5 Å². The van der Waals surface area contributed by atoms with Crippen molar-refractivity contribution in [2.45, 2.75) is 46.3 Å². The molecule has 0 aliphatic carbocycles. The van der Waals surface area contributed by atoms with E-state index in [2.05, 4.69) is 19.2 Å². The third-order valence-electron chi connectivity index (χ3n) is 2.88. The summed E-state index contributed by atoms with van der Waals surface area (Å²) in [6.45, 7) is 7.95. The Morgan fingerprint density at radius 2 is 2.05 bits per heavy atom. The van der Waals surface area contributed by atoms with Crippen LogP contribution in [0.15, 0.2) is 12.1 Å². The maximum Gasteiger partial charge on any atom is 0.180 e. The molecule has 1 rings (SSSR count). The van der Waals surface area contributed by atoms with E-state index >= 15 is 0 Å². The largest absolute Gasteiger partial charge is 0.493 e. The zero-order valence-electron chi connectivity index (χ0n) is 12.3. The van der Waals surface area contributed by atoms with Crippen LogP contribution in [0.1, 0.15) is 39.2 Å². The number of methoxy groups -OCH3 is 1. The maximum atomic E-state index is 6.30. The van der Waals surface area contributed by atoms with Crippen LogP contribution in [-0.4, -0.2) is 19.8 Å². The molecule has 0 bridgehead atoms. The first-order valence-electron chi connectivity index (χ1n) is 6.86. The Kier molecular flexibility index (Phi) is 7.03. The van der Waals surface area contributed by atoms with Crippen molar-refractivity contribution in [3.8, 4) is 11.5 Å². The SMILES string of the molecule is CCCC(C)Oc1c(Cl)cc(CNCC)cc1OC. The number of benzene rings is 1. The molecular weight excluding hydrogens is 262 g/mol. The molecule has 1 unspecified atom stereocenters. The molecule has 0 aromatic heterocycles. The quantitative estimate of drug-likeness (QED) is 0.782. The first-order valence-corrected chi connectivity index (χ1v) is 7.23. The Morgan fingerprint density at radius 1 is 1.32 bits per heavy atom. The van der Waals surface area contributed by atoms with Crippen molar-refractivity contribution in [3.05, 3.63) is 22.7 Å². The second kappa shape index (κ2) is 8.28. The highest BCUT2D eigenvalue weighted by atomic mass is 35.5. The highest BCUT2D eigenvalue weighted by Gasteiger charge is 2.14. The molecule has 1 aromatic carbocycles. The molecule has 19 heavy (non-hydrogen) atoms. The van der Waals surface area contributed by atoms with E-state index < -0.39 is 0 Å². The van der Waals surface area contributed by atoms with Gasteiger partial charge < -0.3 is 14.8 Å². The molecule has 0 radical (unpaired) electrons. The Morgan fingerprint density at radius 3 is 2.63 bits per heavy atom. The molecule has 0 aliphatic rings. The lowest BCUT2D eigenvalue weighted by molar-refractivity contribution is 0.201. The van der Waals surface area contributed by atoms with Gasteiger partial charge in [-0.3, -0.25) is 0 Å². The van der Waals surface area contributed by atoms with Gasteiger partial charge in [0.25, 0.3) is 0 Å². The minimum atomic E-state index is 0.135. The fraction of sp³-hybridized carbons (Fsp3) is 0.600. The van der Waals surface area contributed by atoms with E-state index in [0.29, 0.717) is 16.5 Å². The van der Waals surface area contributed by atoms with Crippen molar-refractivity contribution in [1.29, 1.82) is 0 Å². The van der Waals surface area contributed by atoms with Crippen molar-refractivity contribution >= 4 is 11.6 Å². The van der Waals surface area contributed by atoms with Crippen LogP contribution < -0.4 is 14.8 Å². The molecule has 1 N–H and O–H groups in total. The molecular formula is C15H24ClNO2. The van der Waals surface area contributed by atoms with E-state index in [1.54, 1.807) is 7.11 Å². The minimum absolute atomic E-state index is 0.135. The summed E-state index contributed by atoms with van der Waals surface area (Å²) in [7, 11) is 1.64. The smallest absolute Gasteiger partial charge is 0.180 e. The molecule has 3 nitrogen and oxygen atoms in total. The van der Waals surface area contributed by atoms with Crippen molar-refractivity contribution in [2.75, 3.05) is 13.7 Å². The highest BCUT2D eigenvalue weighted by molar-refractivity contribution is 6.32. The van der Waals surface area contributed by atoms with Crippen LogP contribution in [0.3, 0.4) is 0 Å². The zero-order chi connectivity index (χ0) is 14.3. The van der Waals surface area contributed by atoms with Gasteiger partial charge >= 0.3 is 0 Å². The molecule has 0 fully saturated rings. The van der Waals surface area contributed by atoms with Crippen LogP contribution in [0.2, 0.25) is 5.02 Å². The summed E-state index contributed by atoms with van der Waals surface area (Å²) in [4.78, 5) is 0. The number of ether oxygens (including phenoxy) is 2. The fourth-order valence-electron chi connectivity index (χ4n) is 1.93. The van der Waals surface area contributed by atoms with E-state index in [1.165, 1.54) is 0 Å². The average molecular weight is 286 g/mol. The number of hydrogen-bond donors (Lipinski definition) is 1. The Hall–Kier alpha value is -0.930. The van der Waals surface area contributed by atoms with Crippen LogP contribution in [-0.2, 0) is 6.54 Å². The molecule has 0 amide bonds. The van der Waals surface area contributed by atoms with Crippen LogP contribution in [0.4, 0.5) is 0 Å². The van der Waals surface area contributed by atoms with Gasteiger partial charge in [-0.1, -0.05) is 31.9 Å². The minimum Gasteiger partial charge on any atom is -0.493 e. The van der Waals surface area contributed by atoms with E-state index in [1.807, 2.05) is 19.1 Å². The highest BCUT2D eigenvalue weighted by Crippen LogP contribution is 2.37. The second-order valence-electron chi connectivity index (χ2n) is 4.61. The molecule has 0 saturated carbocycles. The van der Waals surface area contributed by atoms with Gasteiger partial charge in [0, 0.05) is 6.54 Å². The van der Waals surface area contributed by atoms with Crippen LogP contribution in [0, 0.1) is 0 Å². The number of hydrogen-bond acceptors (Lipinski definition) is 3. The summed E-state index contributed by atoms with van der Waals surface area (Å²) >= 11 is 6.30. The summed E-state index contributed by atoms with van der Waals surface area (Å²) in [5.41, 5.74) is 1.10. The summed E-state index contributed by atoms with van der Waals surface area (Å²) in [6, 6.07) is 3.91. The standard InChI is InChI=1S/C15H24ClNO2/c1-5-7-11(3)19-15-13(16)8-12(10-17-6-2)9-14(15)18-4/h8-9,11,17H,5-7,10H2,1-4H3. The summed E-state index contributed by atoms with van der Waals surface area (Å²) < 4.78 is 11.3. The van der Waals surface area contributed by atoms with Crippen LogP contribution >= 0.6 is 11.6 Å². The second-order valence-corrected chi connectivity index (χ2v) is 5.01. The predicted molar refractivity (Wildman–Crippen MR) is 80.4 cm³/mol. The normalized spacial score (nSPS) is 12.3.